The van der Waals surface area contributed by atoms with Crippen LogP contribution in [0.3, 0.4) is 0 Å². The molecule has 1 heterocycles. The molecule has 0 aliphatic carbocycles. The normalized spacial score (nSPS) is 16.8. The second-order valence-electron chi connectivity index (χ2n) is 7.70. The third-order valence-electron chi connectivity index (χ3n) is 5.23. The van der Waals surface area contributed by atoms with Crippen LogP contribution in [-0.2, 0) is 16.0 Å². The van der Waals surface area contributed by atoms with Gasteiger partial charge in [0.2, 0.25) is 5.91 Å². The van der Waals surface area contributed by atoms with E-state index in [1.807, 2.05) is 25.1 Å². The fraction of sp³-hybridized carbons (Fsp3) is 0.115. The zero-order valence-corrected chi connectivity index (χ0v) is 19.7. The van der Waals surface area contributed by atoms with Gasteiger partial charge < -0.3 is 5.32 Å². The van der Waals surface area contributed by atoms with Crippen LogP contribution in [0.5, 0.6) is 0 Å². The largest absolute Gasteiger partial charge is 0.321 e. The summed E-state index contributed by atoms with van der Waals surface area (Å²) >= 11 is 7.16. The van der Waals surface area contributed by atoms with E-state index in [9.17, 15) is 19.2 Å². The molecule has 3 aromatic carbocycles. The number of rotatable bonds is 5. The first-order chi connectivity index (χ1) is 16.4. The van der Waals surface area contributed by atoms with Gasteiger partial charge in [0.15, 0.2) is 0 Å². The average Bonchev–Trinajstić information content (AvgIpc) is 3.13. The van der Waals surface area contributed by atoms with Crippen molar-refractivity contribution >= 4 is 46.6 Å². The van der Waals surface area contributed by atoms with Gasteiger partial charge in [0.25, 0.3) is 5.91 Å². The van der Waals surface area contributed by atoms with Crippen molar-refractivity contribution < 1.29 is 14.0 Å². The molecule has 5 nitrogen and oxygen atoms in total. The van der Waals surface area contributed by atoms with Gasteiger partial charge in [-0.3, -0.25) is 14.5 Å². The summed E-state index contributed by atoms with van der Waals surface area (Å²) in [4.78, 5) is 27.9. The van der Waals surface area contributed by atoms with E-state index in [1.54, 1.807) is 48.5 Å². The summed E-state index contributed by atoms with van der Waals surface area (Å²) in [6, 6.07) is 21.7. The number of hydrogen-bond acceptors (Lipinski definition) is 4. The first kappa shape index (κ1) is 23.6. The number of halogens is 2. The highest BCUT2D eigenvalue weighted by atomic mass is 35.5. The Morgan fingerprint density at radius 1 is 1.09 bits per heavy atom. The lowest BCUT2D eigenvalue weighted by atomic mass is 10.1. The number of aryl methyl sites for hydroxylation is 1. The lowest BCUT2D eigenvalue weighted by Gasteiger charge is -2.19. The van der Waals surface area contributed by atoms with E-state index in [0.717, 1.165) is 22.9 Å². The Bertz CT molecular complexity index is 1300. The zero-order chi connectivity index (χ0) is 24.2. The number of carbonyl (C=O) groups excluding carboxylic acids is 2. The molecule has 0 radical (unpaired) electrons. The van der Waals surface area contributed by atoms with Gasteiger partial charge >= 0.3 is 0 Å². The Balaban J connectivity index is 1.71. The van der Waals surface area contributed by atoms with E-state index in [0.29, 0.717) is 22.8 Å². The molecule has 1 fully saturated rings. The van der Waals surface area contributed by atoms with Gasteiger partial charge in [-0.05, 0) is 67.4 Å². The number of thioether (sulfide) groups is 1. The second-order valence-corrected chi connectivity index (χ2v) is 9.33. The minimum atomic E-state index is -0.608. The van der Waals surface area contributed by atoms with Crippen LogP contribution in [0.1, 0.15) is 11.1 Å². The van der Waals surface area contributed by atoms with Crippen molar-refractivity contribution in [3.8, 4) is 6.07 Å². The van der Waals surface area contributed by atoms with Crippen LogP contribution in [0, 0.1) is 24.1 Å². The van der Waals surface area contributed by atoms with Crippen LogP contribution >= 0.6 is 23.4 Å². The second kappa shape index (κ2) is 10.1. The molecule has 1 N–H and O–H groups in total. The lowest BCUT2D eigenvalue weighted by Crippen LogP contribution is -2.30. The summed E-state index contributed by atoms with van der Waals surface area (Å²) in [6.45, 7) is 1.93. The molecule has 0 aromatic heterocycles. The number of hydrogen-bond donors (Lipinski definition) is 1. The zero-order valence-electron chi connectivity index (χ0n) is 18.1. The minimum absolute atomic E-state index is 0.171. The fourth-order valence-electron chi connectivity index (χ4n) is 3.48. The van der Waals surface area contributed by atoms with Crippen LogP contribution in [0.15, 0.2) is 83.4 Å². The van der Waals surface area contributed by atoms with Gasteiger partial charge in [-0.1, -0.05) is 53.2 Å². The summed E-state index contributed by atoms with van der Waals surface area (Å²) in [5.74, 6) is -1.25. The van der Waals surface area contributed by atoms with Crippen molar-refractivity contribution in [1.29, 1.82) is 5.26 Å². The van der Waals surface area contributed by atoms with E-state index in [2.05, 4.69) is 5.32 Å². The number of nitriles is 1. The van der Waals surface area contributed by atoms with Crippen LogP contribution in [0.4, 0.5) is 15.8 Å². The van der Waals surface area contributed by atoms with E-state index in [-0.39, 0.29) is 22.3 Å². The minimum Gasteiger partial charge on any atom is -0.321 e. The molecule has 1 saturated heterocycles. The van der Waals surface area contributed by atoms with Crippen molar-refractivity contribution in [1.82, 2.24) is 0 Å². The van der Waals surface area contributed by atoms with Gasteiger partial charge in [0, 0.05) is 16.4 Å². The topological polar surface area (TPSA) is 73.2 Å². The number of nitrogens with zero attached hydrogens (tertiary/aromatic N) is 2. The maximum atomic E-state index is 13.4. The monoisotopic (exact) mass is 491 g/mol. The first-order valence-corrected chi connectivity index (χ1v) is 11.6. The summed E-state index contributed by atoms with van der Waals surface area (Å²) in [6.07, 6.45) is 0.315. The molecule has 1 aliphatic heterocycles. The highest BCUT2D eigenvalue weighted by Gasteiger charge is 2.40. The first-order valence-electron chi connectivity index (χ1n) is 10.4. The van der Waals surface area contributed by atoms with Gasteiger partial charge in [-0.2, -0.15) is 5.26 Å². The van der Waals surface area contributed by atoms with Gasteiger partial charge in [0.1, 0.15) is 22.5 Å². The molecule has 8 heteroatoms. The molecule has 1 atom stereocenters. The molecular formula is C26H19ClFN3O2S. The fourth-order valence-corrected chi connectivity index (χ4v) is 4.91. The van der Waals surface area contributed by atoms with Crippen molar-refractivity contribution in [2.75, 3.05) is 10.2 Å². The number of amides is 2. The number of benzene rings is 3. The Morgan fingerprint density at radius 3 is 2.35 bits per heavy atom. The Hall–Kier alpha value is -3.60. The van der Waals surface area contributed by atoms with Gasteiger partial charge in [-0.15, -0.1) is 0 Å². The smallest absolute Gasteiger partial charge is 0.269 e. The predicted molar refractivity (Wildman–Crippen MR) is 133 cm³/mol. The van der Waals surface area contributed by atoms with Crippen molar-refractivity contribution in [3.63, 3.8) is 0 Å². The standard InChI is InChI=1S/C26H19ClFN3O2S/c1-16-2-10-20(11-3-16)30-24(32)22(15-29)26-31(21-12-6-18(27)7-13-21)25(33)23(34-26)14-17-4-8-19(28)9-5-17/h2-13,23H,14H2,1H3,(H,30,32)/b26-22-. The molecule has 0 spiro atoms. The number of nitrogens with one attached hydrogen (secondary N) is 1. The lowest BCUT2D eigenvalue weighted by molar-refractivity contribution is -0.117. The van der Waals surface area contributed by atoms with Gasteiger partial charge in [-0.25, -0.2) is 4.39 Å². The molecule has 170 valence electrons. The predicted octanol–water partition coefficient (Wildman–Crippen LogP) is 5.85. The van der Waals surface area contributed by atoms with Crippen LogP contribution in [-0.4, -0.2) is 17.1 Å². The summed E-state index contributed by atoms with van der Waals surface area (Å²) < 4.78 is 13.3. The number of anilines is 2. The quantitative estimate of drug-likeness (QED) is 0.359. The van der Waals surface area contributed by atoms with Gasteiger partial charge in [0.05, 0.1) is 5.25 Å². The van der Waals surface area contributed by atoms with Crippen LogP contribution < -0.4 is 10.2 Å². The third-order valence-corrected chi connectivity index (χ3v) is 6.75. The highest BCUT2D eigenvalue weighted by molar-refractivity contribution is 8.05. The summed E-state index contributed by atoms with van der Waals surface area (Å²) in [5.41, 5.74) is 2.67. The maximum absolute atomic E-state index is 13.4. The molecule has 2 amide bonds. The highest BCUT2D eigenvalue weighted by Crippen LogP contribution is 2.42. The summed E-state index contributed by atoms with van der Waals surface area (Å²) in [5, 5.41) is 12.8. The van der Waals surface area contributed by atoms with Crippen molar-refractivity contribution in [2.45, 2.75) is 18.6 Å². The molecule has 1 aliphatic rings. The Morgan fingerprint density at radius 2 is 1.74 bits per heavy atom. The SMILES string of the molecule is Cc1ccc(NC(=O)/C(C#N)=C2\SC(Cc3ccc(F)cc3)C(=O)N2c2ccc(Cl)cc2)cc1. The molecule has 0 saturated carbocycles. The van der Waals surface area contributed by atoms with E-state index < -0.39 is 11.2 Å². The molecule has 1 unspecified atom stereocenters. The molecule has 3 aromatic rings. The van der Waals surface area contributed by atoms with Crippen LogP contribution in [0.25, 0.3) is 0 Å². The molecule has 4 rings (SSSR count). The van der Waals surface area contributed by atoms with E-state index in [4.69, 9.17) is 11.6 Å². The number of carbonyl (C=O) groups is 2. The third kappa shape index (κ3) is 5.14. The Kier molecular flexibility index (Phi) is 7.01. The average molecular weight is 492 g/mol. The van der Waals surface area contributed by atoms with E-state index in [1.165, 1.54) is 17.0 Å². The van der Waals surface area contributed by atoms with Crippen molar-refractivity contribution in [2.24, 2.45) is 0 Å². The van der Waals surface area contributed by atoms with Crippen LogP contribution in [0.2, 0.25) is 5.02 Å². The molecule has 34 heavy (non-hydrogen) atoms. The van der Waals surface area contributed by atoms with Crippen molar-refractivity contribution in [3.05, 3.63) is 105 Å². The molecular weight excluding hydrogens is 473 g/mol. The maximum Gasteiger partial charge on any atom is 0.269 e. The van der Waals surface area contributed by atoms with E-state index >= 15 is 0 Å². The summed E-state index contributed by atoms with van der Waals surface area (Å²) in [7, 11) is 0. The Labute approximate surface area is 205 Å². The molecule has 0 bridgehead atoms.